The lowest BCUT2D eigenvalue weighted by molar-refractivity contribution is 0.0953. The first kappa shape index (κ1) is 17.9. The summed E-state index contributed by atoms with van der Waals surface area (Å²) in [5, 5.41) is 6.70. The summed E-state index contributed by atoms with van der Waals surface area (Å²) in [5.41, 5.74) is 3.53. The molecule has 26 heavy (non-hydrogen) atoms. The van der Waals surface area contributed by atoms with Crippen LogP contribution in [0.1, 0.15) is 21.5 Å². The highest BCUT2D eigenvalue weighted by atomic mass is 35.5. The van der Waals surface area contributed by atoms with E-state index in [1.165, 1.54) is 12.4 Å². The second-order valence-corrected chi connectivity index (χ2v) is 6.31. The second-order valence-electron chi connectivity index (χ2n) is 5.87. The van der Waals surface area contributed by atoms with Gasteiger partial charge in [0.05, 0.1) is 5.56 Å². The molecule has 3 aromatic rings. The summed E-state index contributed by atoms with van der Waals surface area (Å²) < 4.78 is 0. The van der Waals surface area contributed by atoms with Gasteiger partial charge in [-0.3, -0.25) is 4.79 Å². The van der Waals surface area contributed by atoms with Crippen molar-refractivity contribution in [1.29, 1.82) is 0 Å². The second kappa shape index (κ2) is 8.45. The number of hydrogen-bond acceptors (Lipinski definition) is 4. The number of nitrogens with zero attached hydrogens (tertiary/aromatic N) is 2. The SMILES string of the molecule is Cc1ccccc1Nc1ncc(C(=O)NCCc2cccc(Cl)c2)cn1. The summed E-state index contributed by atoms with van der Waals surface area (Å²) in [6, 6.07) is 15.5. The summed E-state index contributed by atoms with van der Waals surface area (Å²) in [4.78, 5) is 20.6. The Balaban J connectivity index is 1.54. The Morgan fingerprint density at radius 2 is 1.85 bits per heavy atom. The van der Waals surface area contributed by atoms with Crippen molar-refractivity contribution in [2.45, 2.75) is 13.3 Å². The lowest BCUT2D eigenvalue weighted by Crippen LogP contribution is -2.26. The number of para-hydroxylation sites is 1. The van der Waals surface area contributed by atoms with Gasteiger partial charge in [-0.2, -0.15) is 0 Å². The Bertz CT molecular complexity index is 896. The van der Waals surface area contributed by atoms with E-state index in [-0.39, 0.29) is 5.91 Å². The molecule has 0 aliphatic rings. The van der Waals surface area contributed by atoms with Crippen molar-refractivity contribution in [3.05, 3.63) is 82.6 Å². The summed E-state index contributed by atoms with van der Waals surface area (Å²) in [5.74, 6) is 0.254. The van der Waals surface area contributed by atoms with Crippen molar-refractivity contribution in [3.63, 3.8) is 0 Å². The number of carbonyl (C=O) groups is 1. The number of nitrogens with one attached hydrogen (secondary N) is 2. The molecule has 1 aromatic heterocycles. The Labute approximate surface area is 157 Å². The number of anilines is 2. The fourth-order valence-electron chi connectivity index (χ4n) is 2.46. The van der Waals surface area contributed by atoms with Gasteiger partial charge in [0.25, 0.3) is 5.91 Å². The van der Waals surface area contributed by atoms with Crippen LogP contribution in [0.25, 0.3) is 0 Å². The predicted octanol–water partition coefficient (Wildman–Crippen LogP) is 4.15. The minimum Gasteiger partial charge on any atom is -0.352 e. The van der Waals surface area contributed by atoms with Gasteiger partial charge in [0.2, 0.25) is 5.95 Å². The summed E-state index contributed by atoms with van der Waals surface area (Å²) in [6.07, 6.45) is 3.74. The zero-order chi connectivity index (χ0) is 18.4. The van der Waals surface area contributed by atoms with E-state index in [1.54, 1.807) is 0 Å². The van der Waals surface area contributed by atoms with Gasteiger partial charge in [-0.1, -0.05) is 41.9 Å². The first-order valence-electron chi connectivity index (χ1n) is 8.29. The number of benzene rings is 2. The average Bonchev–Trinajstić information content (AvgIpc) is 2.64. The van der Waals surface area contributed by atoms with E-state index in [0.29, 0.717) is 29.5 Å². The number of rotatable bonds is 6. The Morgan fingerprint density at radius 1 is 1.08 bits per heavy atom. The van der Waals surface area contributed by atoms with Crippen LogP contribution in [-0.2, 0) is 6.42 Å². The molecule has 0 unspecified atom stereocenters. The van der Waals surface area contributed by atoms with Crippen molar-refractivity contribution < 1.29 is 4.79 Å². The molecular weight excluding hydrogens is 348 g/mol. The Morgan fingerprint density at radius 3 is 2.58 bits per heavy atom. The first-order chi connectivity index (χ1) is 12.6. The smallest absolute Gasteiger partial charge is 0.254 e. The molecule has 1 heterocycles. The van der Waals surface area contributed by atoms with Crippen LogP contribution in [0, 0.1) is 6.92 Å². The van der Waals surface area contributed by atoms with Crippen LogP contribution in [0.5, 0.6) is 0 Å². The van der Waals surface area contributed by atoms with Crippen molar-refractivity contribution in [2.24, 2.45) is 0 Å². The van der Waals surface area contributed by atoms with Crippen LogP contribution in [0.15, 0.2) is 60.9 Å². The van der Waals surface area contributed by atoms with E-state index in [4.69, 9.17) is 11.6 Å². The van der Waals surface area contributed by atoms with Crippen LogP contribution < -0.4 is 10.6 Å². The molecule has 2 N–H and O–H groups in total. The molecular formula is C20H19ClN4O. The van der Waals surface area contributed by atoms with E-state index in [0.717, 1.165) is 16.8 Å². The molecule has 0 saturated heterocycles. The standard InChI is InChI=1S/C20H19ClN4O/c1-14-5-2-3-8-18(14)25-20-23-12-16(13-24-20)19(26)22-10-9-15-6-4-7-17(21)11-15/h2-8,11-13H,9-10H2,1H3,(H,22,26)(H,23,24,25). The van der Waals surface area contributed by atoms with E-state index < -0.39 is 0 Å². The fourth-order valence-corrected chi connectivity index (χ4v) is 2.67. The third-order valence-electron chi connectivity index (χ3n) is 3.89. The van der Waals surface area contributed by atoms with Crippen LogP contribution in [0.2, 0.25) is 5.02 Å². The van der Waals surface area contributed by atoms with Gasteiger partial charge in [-0.15, -0.1) is 0 Å². The molecule has 0 saturated carbocycles. The van der Waals surface area contributed by atoms with Crippen molar-refractivity contribution in [1.82, 2.24) is 15.3 Å². The number of halogens is 1. The van der Waals surface area contributed by atoms with Gasteiger partial charge in [0.1, 0.15) is 0 Å². The normalized spacial score (nSPS) is 10.4. The van der Waals surface area contributed by atoms with Gasteiger partial charge < -0.3 is 10.6 Å². The topological polar surface area (TPSA) is 66.9 Å². The van der Waals surface area contributed by atoms with Crippen LogP contribution in [-0.4, -0.2) is 22.4 Å². The first-order valence-corrected chi connectivity index (χ1v) is 8.67. The fraction of sp³-hybridized carbons (Fsp3) is 0.150. The maximum atomic E-state index is 12.2. The van der Waals surface area contributed by atoms with E-state index in [9.17, 15) is 4.79 Å². The highest BCUT2D eigenvalue weighted by molar-refractivity contribution is 6.30. The van der Waals surface area contributed by atoms with Gasteiger partial charge in [0, 0.05) is 29.6 Å². The third kappa shape index (κ3) is 4.80. The Hall–Kier alpha value is -2.92. The highest BCUT2D eigenvalue weighted by Crippen LogP contribution is 2.17. The maximum absolute atomic E-state index is 12.2. The minimum absolute atomic E-state index is 0.200. The summed E-state index contributed by atoms with van der Waals surface area (Å²) in [7, 11) is 0. The van der Waals surface area contributed by atoms with Crippen LogP contribution in [0.4, 0.5) is 11.6 Å². The number of carbonyl (C=O) groups excluding carboxylic acids is 1. The van der Waals surface area contributed by atoms with Gasteiger partial charge in [0.15, 0.2) is 0 Å². The molecule has 0 aliphatic heterocycles. The average molecular weight is 367 g/mol. The lowest BCUT2D eigenvalue weighted by Gasteiger charge is -2.08. The molecule has 6 heteroatoms. The van der Waals surface area contributed by atoms with Crippen molar-refractivity contribution in [2.75, 3.05) is 11.9 Å². The maximum Gasteiger partial charge on any atom is 0.254 e. The molecule has 0 fully saturated rings. The largest absolute Gasteiger partial charge is 0.352 e. The van der Waals surface area contributed by atoms with Crippen molar-refractivity contribution >= 4 is 29.1 Å². The molecule has 0 spiro atoms. The number of aromatic nitrogens is 2. The minimum atomic E-state index is -0.200. The molecule has 0 aliphatic carbocycles. The number of hydrogen-bond donors (Lipinski definition) is 2. The molecule has 132 valence electrons. The predicted molar refractivity (Wildman–Crippen MR) is 104 cm³/mol. The van der Waals surface area contributed by atoms with Crippen molar-refractivity contribution in [3.8, 4) is 0 Å². The van der Waals surface area contributed by atoms with Gasteiger partial charge >= 0.3 is 0 Å². The van der Waals surface area contributed by atoms with Crippen LogP contribution >= 0.6 is 11.6 Å². The molecule has 2 aromatic carbocycles. The van der Waals surface area contributed by atoms with E-state index >= 15 is 0 Å². The molecule has 0 bridgehead atoms. The molecule has 5 nitrogen and oxygen atoms in total. The Kier molecular flexibility index (Phi) is 5.81. The quantitative estimate of drug-likeness (QED) is 0.687. The molecule has 0 atom stereocenters. The zero-order valence-electron chi connectivity index (χ0n) is 14.4. The van der Waals surface area contributed by atoms with E-state index in [1.807, 2.05) is 55.5 Å². The lowest BCUT2D eigenvalue weighted by atomic mass is 10.1. The molecule has 0 radical (unpaired) electrons. The summed E-state index contributed by atoms with van der Waals surface area (Å²) in [6.45, 7) is 2.52. The third-order valence-corrected chi connectivity index (χ3v) is 4.13. The molecule has 1 amide bonds. The van der Waals surface area contributed by atoms with Gasteiger partial charge in [-0.25, -0.2) is 9.97 Å². The monoisotopic (exact) mass is 366 g/mol. The number of amides is 1. The number of aryl methyl sites for hydroxylation is 1. The highest BCUT2D eigenvalue weighted by Gasteiger charge is 2.07. The van der Waals surface area contributed by atoms with Gasteiger partial charge in [-0.05, 0) is 42.7 Å². The summed E-state index contributed by atoms with van der Waals surface area (Å²) >= 11 is 5.95. The molecule has 3 rings (SSSR count). The zero-order valence-corrected chi connectivity index (χ0v) is 15.1. The van der Waals surface area contributed by atoms with E-state index in [2.05, 4.69) is 20.6 Å². The van der Waals surface area contributed by atoms with Crippen LogP contribution in [0.3, 0.4) is 0 Å².